The lowest BCUT2D eigenvalue weighted by molar-refractivity contribution is 0.127. The highest BCUT2D eigenvalue weighted by Gasteiger charge is 2.22. The third-order valence-electron chi connectivity index (χ3n) is 4.34. The van der Waals surface area contributed by atoms with Crippen LogP contribution in [0.4, 0.5) is 5.95 Å². The van der Waals surface area contributed by atoms with Crippen molar-refractivity contribution in [1.82, 2.24) is 20.2 Å². The highest BCUT2D eigenvalue weighted by molar-refractivity contribution is 9.10. The minimum atomic E-state index is 0.553. The normalized spacial score (nSPS) is 15.4. The average Bonchev–Trinajstić information content (AvgIpc) is 2.68. The van der Waals surface area contributed by atoms with Crippen LogP contribution in [-0.2, 0) is 4.74 Å². The molecule has 2 rings (SSSR count). The van der Waals surface area contributed by atoms with Gasteiger partial charge in [-0.05, 0) is 28.3 Å². The van der Waals surface area contributed by atoms with Crippen LogP contribution in [0.1, 0.15) is 20.3 Å². The molecule has 27 heavy (non-hydrogen) atoms. The molecule has 1 fully saturated rings. The lowest BCUT2D eigenvalue weighted by Crippen LogP contribution is -2.53. The van der Waals surface area contributed by atoms with Crippen LogP contribution in [0.3, 0.4) is 0 Å². The first-order valence-electron chi connectivity index (χ1n) is 9.40. The van der Waals surface area contributed by atoms with Crippen LogP contribution in [0.15, 0.2) is 15.7 Å². The second-order valence-electron chi connectivity index (χ2n) is 6.77. The van der Waals surface area contributed by atoms with Crippen molar-refractivity contribution in [1.29, 1.82) is 0 Å². The number of hydrogen-bond donors (Lipinski definition) is 1. The Bertz CT molecular complexity index is 606. The lowest BCUT2D eigenvalue weighted by Gasteiger charge is -2.36. The van der Waals surface area contributed by atoms with E-state index in [1.165, 1.54) is 0 Å². The highest BCUT2D eigenvalue weighted by atomic mass is 79.9. The molecule has 0 radical (unpaired) electrons. The van der Waals surface area contributed by atoms with Gasteiger partial charge in [0.25, 0.3) is 0 Å². The quantitative estimate of drug-likeness (QED) is 0.374. The third-order valence-corrected chi connectivity index (χ3v) is 4.88. The molecule has 2 heterocycles. The summed E-state index contributed by atoms with van der Waals surface area (Å²) in [5.41, 5.74) is 0. The number of piperazine rings is 1. The van der Waals surface area contributed by atoms with E-state index in [0.717, 1.165) is 56.2 Å². The van der Waals surface area contributed by atoms with Crippen LogP contribution < -0.4 is 15.0 Å². The first-order chi connectivity index (χ1) is 13.0. The van der Waals surface area contributed by atoms with Crippen molar-refractivity contribution in [3.63, 3.8) is 0 Å². The zero-order valence-electron chi connectivity index (χ0n) is 16.7. The minimum Gasteiger partial charge on any atom is -0.480 e. The van der Waals surface area contributed by atoms with Crippen LogP contribution in [0.5, 0.6) is 5.88 Å². The summed E-state index contributed by atoms with van der Waals surface area (Å²) in [6.45, 7) is 10.1. The SMILES string of the molecule is CN=C(NCCOCCC(C)C)N1CCN(c2ncc(Br)c(OC)n2)CC1. The number of anilines is 1. The summed E-state index contributed by atoms with van der Waals surface area (Å²) in [7, 11) is 3.42. The van der Waals surface area contributed by atoms with Crippen LogP contribution in [0.25, 0.3) is 0 Å². The Kier molecular flexibility index (Phi) is 9.06. The van der Waals surface area contributed by atoms with Gasteiger partial charge in [-0.15, -0.1) is 0 Å². The number of nitrogens with one attached hydrogen (secondary N) is 1. The van der Waals surface area contributed by atoms with E-state index >= 15 is 0 Å². The van der Waals surface area contributed by atoms with E-state index in [2.05, 4.69) is 59.9 Å². The Hall–Kier alpha value is -1.61. The van der Waals surface area contributed by atoms with Crippen molar-refractivity contribution in [3.05, 3.63) is 10.7 Å². The molecule has 8 nitrogen and oxygen atoms in total. The van der Waals surface area contributed by atoms with Gasteiger partial charge in [0.05, 0.1) is 24.4 Å². The molecule has 0 bridgehead atoms. The Morgan fingerprint density at radius 1 is 1.30 bits per heavy atom. The Balaban J connectivity index is 1.76. The van der Waals surface area contributed by atoms with Crippen molar-refractivity contribution in [2.24, 2.45) is 10.9 Å². The van der Waals surface area contributed by atoms with Gasteiger partial charge in [-0.25, -0.2) is 4.98 Å². The first kappa shape index (κ1) is 21.7. The zero-order valence-corrected chi connectivity index (χ0v) is 18.3. The molecule has 1 aliphatic heterocycles. The smallest absolute Gasteiger partial charge is 0.232 e. The van der Waals surface area contributed by atoms with Crippen molar-refractivity contribution in [3.8, 4) is 5.88 Å². The molecular weight excluding hydrogens is 412 g/mol. The largest absolute Gasteiger partial charge is 0.480 e. The predicted molar refractivity (Wildman–Crippen MR) is 112 cm³/mol. The van der Waals surface area contributed by atoms with Gasteiger partial charge in [-0.3, -0.25) is 4.99 Å². The van der Waals surface area contributed by atoms with Crippen molar-refractivity contribution in [2.45, 2.75) is 20.3 Å². The maximum absolute atomic E-state index is 5.66. The molecule has 9 heteroatoms. The zero-order chi connectivity index (χ0) is 19.6. The fourth-order valence-electron chi connectivity index (χ4n) is 2.74. The molecule has 1 N–H and O–H groups in total. The van der Waals surface area contributed by atoms with E-state index < -0.39 is 0 Å². The fraction of sp³-hybridized carbons (Fsp3) is 0.722. The first-order valence-corrected chi connectivity index (χ1v) is 10.2. The summed E-state index contributed by atoms with van der Waals surface area (Å²) in [4.78, 5) is 17.7. The van der Waals surface area contributed by atoms with E-state index in [-0.39, 0.29) is 0 Å². The second kappa shape index (κ2) is 11.3. The number of ether oxygens (including phenoxy) is 2. The number of hydrogen-bond acceptors (Lipinski definition) is 6. The molecule has 1 aliphatic rings. The number of nitrogens with zero attached hydrogens (tertiary/aromatic N) is 5. The van der Waals surface area contributed by atoms with Crippen molar-refractivity contribution in [2.75, 3.05) is 65.0 Å². The molecule has 0 amide bonds. The van der Waals surface area contributed by atoms with E-state index in [9.17, 15) is 0 Å². The maximum atomic E-state index is 5.66. The van der Waals surface area contributed by atoms with Crippen LogP contribution in [0, 0.1) is 5.92 Å². The maximum Gasteiger partial charge on any atom is 0.232 e. The topological polar surface area (TPSA) is 75.1 Å². The van der Waals surface area contributed by atoms with Crippen molar-refractivity contribution < 1.29 is 9.47 Å². The predicted octanol–water partition coefficient (Wildman–Crippen LogP) is 2.01. The van der Waals surface area contributed by atoms with Gasteiger partial charge in [0.15, 0.2) is 5.96 Å². The van der Waals surface area contributed by atoms with E-state index in [1.807, 2.05) is 7.05 Å². The van der Waals surface area contributed by atoms with Crippen LogP contribution in [0.2, 0.25) is 0 Å². The third kappa shape index (κ3) is 6.80. The molecule has 0 spiro atoms. The Morgan fingerprint density at radius 2 is 2.04 bits per heavy atom. The van der Waals surface area contributed by atoms with Crippen molar-refractivity contribution >= 4 is 27.8 Å². The number of guanidine groups is 1. The van der Waals surface area contributed by atoms with E-state index in [1.54, 1.807) is 13.3 Å². The summed E-state index contributed by atoms with van der Waals surface area (Å²) in [5, 5.41) is 3.38. The minimum absolute atomic E-state index is 0.553. The number of methoxy groups -OCH3 is 1. The standard InChI is InChI=1S/C18H31BrN6O2/c1-14(2)5-11-27-12-6-21-17(20-3)24-7-9-25(10-8-24)18-22-13-15(19)16(23-18)26-4/h13-14H,5-12H2,1-4H3,(H,20,21). The van der Waals surface area contributed by atoms with E-state index in [4.69, 9.17) is 9.47 Å². The summed E-state index contributed by atoms with van der Waals surface area (Å²) >= 11 is 3.39. The van der Waals surface area contributed by atoms with Gasteiger partial charge < -0.3 is 24.6 Å². The lowest BCUT2D eigenvalue weighted by atomic mass is 10.1. The Morgan fingerprint density at radius 3 is 2.67 bits per heavy atom. The van der Waals surface area contributed by atoms with Gasteiger partial charge in [0.1, 0.15) is 0 Å². The van der Waals surface area contributed by atoms with E-state index in [0.29, 0.717) is 24.4 Å². The van der Waals surface area contributed by atoms with Crippen LogP contribution in [-0.4, -0.2) is 80.9 Å². The van der Waals surface area contributed by atoms with Gasteiger partial charge >= 0.3 is 0 Å². The molecule has 0 unspecified atom stereocenters. The monoisotopic (exact) mass is 442 g/mol. The number of aromatic nitrogens is 2. The van der Waals surface area contributed by atoms with Crippen LogP contribution >= 0.6 is 15.9 Å². The molecule has 1 saturated heterocycles. The molecule has 0 aromatic carbocycles. The Labute approximate surface area is 170 Å². The molecule has 0 atom stereocenters. The summed E-state index contributed by atoms with van der Waals surface area (Å²) in [6.07, 6.45) is 2.83. The molecule has 1 aromatic rings. The fourth-order valence-corrected chi connectivity index (χ4v) is 3.10. The van der Waals surface area contributed by atoms with Gasteiger partial charge in [0, 0.05) is 46.4 Å². The van der Waals surface area contributed by atoms with Gasteiger partial charge in [-0.2, -0.15) is 4.98 Å². The molecule has 1 aromatic heterocycles. The highest BCUT2D eigenvalue weighted by Crippen LogP contribution is 2.23. The molecule has 152 valence electrons. The number of aliphatic imine (C=N–C) groups is 1. The molecule has 0 aliphatic carbocycles. The summed E-state index contributed by atoms with van der Waals surface area (Å²) < 4.78 is 11.7. The summed E-state index contributed by atoms with van der Waals surface area (Å²) in [6, 6.07) is 0. The van der Waals surface area contributed by atoms with Gasteiger partial charge in [-0.1, -0.05) is 13.8 Å². The number of halogens is 1. The van der Waals surface area contributed by atoms with Gasteiger partial charge in [0.2, 0.25) is 11.8 Å². The summed E-state index contributed by atoms with van der Waals surface area (Å²) in [5.74, 6) is 2.83. The molecule has 0 saturated carbocycles. The average molecular weight is 443 g/mol. The molecular formula is C18H31BrN6O2. The number of rotatable bonds is 8. The second-order valence-corrected chi connectivity index (χ2v) is 7.62.